The average Bonchev–Trinajstić information content (AvgIpc) is 2.90. The highest BCUT2D eigenvalue weighted by molar-refractivity contribution is 6.30. The zero-order valence-corrected chi connectivity index (χ0v) is 12.0. The minimum absolute atomic E-state index is 0.000381. The first kappa shape index (κ1) is 14.2. The van der Waals surface area contributed by atoms with Gasteiger partial charge in [0.2, 0.25) is 0 Å². The van der Waals surface area contributed by atoms with Crippen molar-refractivity contribution in [1.29, 1.82) is 0 Å². The molecule has 0 saturated carbocycles. The molecule has 2 rings (SSSR count). The molecule has 1 heterocycles. The Kier molecular flexibility index (Phi) is 4.66. The fraction of sp³-hybridized carbons (Fsp3) is 0.500. The lowest BCUT2D eigenvalue weighted by Gasteiger charge is -2.27. The maximum absolute atomic E-state index is 12.1. The third kappa shape index (κ3) is 3.61. The fourth-order valence-corrected chi connectivity index (χ4v) is 2.19. The molecule has 0 spiro atoms. The lowest BCUT2D eigenvalue weighted by atomic mass is 10.1. The summed E-state index contributed by atoms with van der Waals surface area (Å²) in [6.45, 7) is 3.32. The number of hydrogen-bond donors (Lipinski definition) is 1. The smallest absolute Gasteiger partial charge is 0.317 e. The number of rotatable bonds is 3. The van der Waals surface area contributed by atoms with Crippen LogP contribution in [-0.4, -0.2) is 37.2 Å². The SMILES string of the molecule is CC(c1ccc(Cl)cc1)N(C)C(=O)NC1CCOC1. The largest absolute Gasteiger partial charge is 0.379 e. The van der Waals surface area contributed by atoms with Gasteiger partial charge >= 0.3 is 6.03 Å². The maximum Gasteiger partial charge on any atom is 0.317 e. The zero-order chi connectivity index (χ0) is 13.8. The van der Waals surface area contributed by atoms with Crippen LogP contribution in [-0.2, 0) is 4.74 Å². The van der Waals surface area contributed by atoms with E-state index in [2.05, 4.69) is 5.32 Å². The van der Waals surface area contributed by atoms with Gasteiger partial charge in [-0.05, 0) is 31.0 Å². The molecule has 1 aliphatic rings. The summed E-state index contributed by atoms with van der Waals surface area (Å²) in [5, 5.41) is 3.68. The summed E-state index contributed by atoms with van der Waals surface area (Å²) < 4.78 is 5.25. The molecule has 1 fully saturated rings. The predicted octanol–water partition coefficient (Wildman–Crippen LogP) is 2.83. The fourth-order valence-electron chi connectivity index (χ4n) is 2.07. The topological polar surface area (TPSA) is 41.6 Å². The lowest BCUT2D eigenvalue weighted by Crippen LogP contribution is -2.44. The molecule has 0 bridgehead atoms. The van der Waals surface area contributed by atoms with Gasteiger partial charge in [0.25, 0.3) is 0 Å². The first-order valence-electron chi connectivity index (χ1n) is 6.44. The number of carbonyl (C=O) groups is 1. The number of halogens is 1. The van der Waals surface area contributed by atoms with Gasteiger partial charge in [-0.2, -0.15) is 0 Å². The Balaban J connectivity index is 1.95. The molecule has 1 aromatic carbocycles. The van der Waals surface area contributed by atoms with E-state index in [9.17, 15) is 4.79 Å². The summed E-state index contributed by atoms with van der Waals surface area (Å²) in [6.07, 6.45) is 0.884. The average molecular weight is 283 g/mol. The number of urea groups is 1. The standard InChI is InChI=1S/C14H19ClN2O2/c1-10(11-3-5-12(15)6-4-11)17(2)14(18)16-13-7-8-19-9-13/h3-6,10,13H,7-9H2,1-2H3,(H,16,18). The van der Waals surface area contributed by atoms with Gasteiger partial charge in [-0.25, -0.2) is 4.79 Å². The highest BCUT2D eigenvalue weighted by Gasteiger charge is 2.22. The molecule has 0 aliphatic carbocycles. The van der Waals surface area contributed by atoms with E-state index < -0.39 is 0 Å². The van der Waals surface area contributed by atoms with Crippen molar-refractivity contribution >= 4 is 17.6 Å². The van der Waals surface area contributed by atoms with Crippen molar-refractivity contribution in [3.8, 4) is 0 Å². The van der Waals surface area contributed by atoms with Gasteiger partial charge in [0.05, 0.1) is 18.7 Å². The van der Waals surface area contributed by atoms with Crippen LogP contribution in [0.5, 0.6) is 0 Å². The van der Waals surface area contributed by atoms with Crippen LogP contribution >= 0.6 is 11.6 Å². The van der Waals surface area contributed by atoms with Gasteiger partial charge in [0, 0.05) is 18.7 Å². The van der Waals surface area contributed by atoms with Crippen molar-refractivity contribution < 1.29 is 9.53 Å². The third-order valence-corrected chi connectivity index (χ3v) is 3.76. The van der Waals surface area contributed by atoms with Gasteiger partial charge in [-0.15, -0.1) is 0 Å². The van der Waals surface area contributed by atoms with Crippen LogP contribution < -0.4 is 5.32 Å². The van der Waals surface area contributed by atoms with Crippen molar-refractivity contribution in [3.63, 3.8) is 0 Å². The summed E-state index contributed by atoms with van der Waals surface area (Å²) in [7, 11) is 1.80. The van der Waals surface area contributed by atoms with Crippen molar-refractivity contribution in [1.82, 2.24) is 10.2 Å². The van der Waals surface area contributed by atoms with E-state index in [0.29, 0.717) is 11.6 Å². The van der Waals surface area contributed by atoms with E-state index in [1.54, 1.807) is 11.9 Å². The van der Waals surface area contributed by atoms with Crippen molar-refractivity contribution in [2.24, 2.45) is 0 Å². The summed E-state index contributed by atoms with van der Waals surface area (Å²) in [5.41, 5.74) is 1.06. The van der Waals surface area contributed by atoms with Crippen LogP contribution in [0.25, 0.3) is 0 Å². The minimum Gasteiger partial charge on any atom is -0.379 e. The van der Waals surface area contributed by atoms with Crippen LogP contribution in [0.3, 0.4) is 0 Å². The summed E-state index contributed by atoms with van der Waals surface area (Å²) in [5.74, 6) is 0. The molecule has 2 amide bonds. The Labute approximate surface area is 118 Å². The molecule has 104 valence electrons. The molecule has 0 aromatic heterocycles. The first-order valence-corrected chi connectivity index (χ1v) is 6.82. The molecule has 1 saturated heterocycles. The van der Waals surface area contributed by atoms with E-state index >= 15 is 0 Å². The second-order valence-corrected chi connectivity index (χ2v) is 5.28. The van der Waals surface area contributed by atoms with Crippen LogP contribution in [0.4, 0.5) is 4.79 Å². The number of nitrogens with zero attached hydrogens (tertiary/aromatic N) is 1. The molecule has 1 aromatic rings. The van der Waals surface area contributed by atoms with Gasteiger partial charge in [-0.3, -0.25) is 0 Å². The number of amides is 2. The molecular weight excluding hydrogens is 264 g/mol. The molecule has 1 N–H and O–H groups in total. The molecule has 2 unspecified atom stereocenters. The third-order valence-electron chi connectivity index (χ3n) is 3.51. The Morgan fingerprint density at radius 2 is 2.16 bits per heavy atom. The van der Waals surface area contributed by atoms with Gasteiger partial charge < -0.3 is 15.0 Å². The van der Waals surface area contributed by atoms with Crippen LogP contribution in [0.1, 0.15) is 24.9 Å². The van der Waals surface area contributed by atoms with E-state index in [1.807, 2.05) is 31.2 Å². The quantitative estimate of drug-likeness (QED) is 0.926. The Morgan fingerprint density at radius 1 is 1.47 bits per heavy atom. The zero-order valence-electron chi connectivity index (χ0n) is 11.2. The second-order valence-electron chi connectivity index (χ2n) is 4.85. The number of benzene rings is 1. The number of nitrogens with one attached hydrogen (secondary N) is 1. The Hall–Kier alpha value is -1.26. The number of carbonyl (C=O) groups excluding carboxylic acids is 1. The molecular formula is C14H19ClN2O2. The van der Waals surface area contributed by atoms with Gasteiger partial charge in [0.15, 0.2) is 0 Å². The van der Waals surface area contributed by atoms with Crippen molar-refractivity contribution in [3.05, 3.63) is 34.9 Å². The highest BCUT2D eigenvalue weighted by Crippen LogP contribution is 2.21. The highest BCUT2D eigenvalue weighted by atomic mass is 35.5. The molecule has 19 heavy (non-hydrogen) atoms. The monoisotopic (exact) mass is 282 g/mol. The molecule has 1 aliphatic heterocycles. The van der Waals surface area contributed by atoms with Crippen LogP contribution in [0, 0.1) is 0 Å². The second kappa shape index (κ2) is 6.26. The van der Waals surface area contributed by atoms with Gasteiger partial charge in [-0.1, -0.05) is 23.7 Å². The number of ether oxygens (including phenoxy) is 1. The minimum atomic E-state index is -0.0713. The Bertz CT molecular complexity index is 430. The molecule has 5 heteroatoms. The Morgan fingerprint density at radius 3 is 2.74 bits per heavy atom. The lowest BCUT2D eigenvalue weighted by molar-refractivity contribution is 0.176. The van der Waals surface area contributed by atoms with E-state index in [4.69, 9.17) is 16.3 Å². The van der Waals surface area contributed by atoms with Crippen LogP contribution in [0.15, 0.2) is 24.3 Å². The predicted molar refractivity (Wildman–Crippen MR) is 75.4 cm³/mol. The molecule has 0 radical (unpaired) electrons. The van der Waals surface area contributed by atoms with Crippen LogP contribution in [0.2, 0.25) is 5.02 Å². The summed E-state index contributed by atoms with van der Waals surface area (Å²) in [6, 6.07) is 7.61. The summed E-state index contributed by atoms with van der Waals surface area (Å²) in [4.78, 5) is 13.8. The first-order chi connectivity index (χ1) is 9.08. The van der Waals surface area contributed by atoms with Gasteiger partial charge in [0.1, 0.15) is 0 Å². The normalized spacial score (nSPS) is 20.1. The van der Waals surface area contributed by atoms with E-state index in [1.165, 1.54) is 0 Å². The van der Waals surface area contributed by atoms with Crippen molar-refractivity contribution in [2.45, 2.75) is 25.4 Å². The number of hydrogen-bond acceptors (Lipinski definition) is 2. The summed E-state index contributed by atoms with van der Waals surface area (Å²) >= 11 is 5.87. The maximum atomic E-state index is 12.1. The van der Waals surface area contributed by atoms with E-state index in [0.717, 1.165) is 18.6 Å². The molecule has 2 atom stereocenters. The van der Waals surface area contributed by atoms with Crippen molar-refractivity contribution in [2.75, 3.05) is 20.3 Å². The molecule has 4 nitrogen and oxygen atoms in total. The van der Waals surface area contributed by atoms with E-state index in [-0.39, 0.29) is 18.1 Å².